The van der Waals surface area contributed by atoms with E-state index in [-0.39, 0.29) is 5.56 Å². The second kappa shape index (κ2) is 7.46. The highest BCUT2D eigenvalue weighted by Crippen LogP contribution is 2.29. The molecule has 5 rings (SSSR count). The molecule has 0 amide bonds. The topological polar surface area (TPSA) is 52.2 Å². The van der Waals surface area contributed by atoms with Crippen LogP contribution in [0.2, 0.25) is 0 Å². The summed E-state index contributed by atoms with van der Waals surface area (Å²) in [5, 5.41) is 0.907. The Morgan fingerprint density at radius 1 is 1.17 bits per heavy atom. The molecule has 0 fully saturated rings. The van der Waals surface area contributed by atoms with Crippen LogP contribution >= 0.6 is 23.1 Å². The number of thiazole rings is 1. The molecule has 148 valence electrons. The van der Waals surface area contributed by atoms with Gasteiger partial charge in [0, 0.05) is 34.8 Å². The van der Waals surface area contributed by atoms with E-state index >= 15 is 0 Å². The largest absolute Gasteiger partial charge is 0.295 e. The highest BCUT2D eigenvalue weighted by Gasteiger charge is 2.18. The van der Waals surface area contributed by atoms with E-state index in [9.17, 15) is 4.79 Å². The summed E-state index contributed by atoms with van der Waals surface area (Å²) in [7, 11) is 0. The summed E-state index contributed by atoms with van der Waals surface area (Å²) >= 11 is 3.29. The lowest BCUT2D eigenvalue weighted by Crippen LogP contribution is -2.17. The van der Waals surface area contributed by atoms with Crippen molar-refractivity contribution in [3.63, 3.8) is 0 Å². The molecule has 0 saturated carbocycles. The maximum Gasteiger partial charge on any atom is 0.259 e. The summed E-state index contributed by atoms with van der Waals surface area (Å²) in [5.41, 5.74) is 5.63. The van der Waals surface area contributed by atoms with Gasteiger partial charge in [-0.05, 0) is 51.2 Å². The van der Waals surface area contributed by atoms with Crippen LogP contribution < -0.4 is 5.56 Å². The second-order valence-electron chi connectivity index (χ2n) is 7.54. The predicted octanol–water partition coefficient (Wildman–Crippen LogP) is 4.73. The van der Waals surface area contributed by atoms with Crippen molar-refractivity contribution in [3.8, 4) is 5.69 Å². The van der Waals surface area contributed by atoms with Gasteiger partial charge in [0.15, 0.2) is 10.1 Å². The Kier molecular flexibility index (Phi) is 4.80. The molecule has 4 aromatic rings. The summed E-state index contributed by atoms with van der Waals surface area (Å²) in [6.07, 6.45) is 8.22. The van der Waals surface area contributed by atoms with Gasteiger partial charge >= 0.3 is 0 Å². The molecule has 0 unspecified atom stereocenters. The molecule has 1 aliphatic rings. The highest BCUT2D eigenvalue weighted by molar-refractivity contribution is 7.98. The van der Waals surface area contributed by atoms with E-state index in [4.69, 9.17) is 4.98 Å². The lowest BCUT2D eigenvalue weighted by Gasteiger charge is -2.11. The average molecular weight is 423 g/mol. The van der Waals surface area contributed by atoms with Crippen LogP contribution in [-0.2, 0) is 18.6 Å². The maximum atomic E-state index is 12.8. The quantitative estimate of drug-likeness (QED) is 0.446. The number of fused-ring (bicyclic) bond motifs is 3. The van der Waals surface area contributed by atoms with E-state index in [0.29, 0.717) is 5.75 Å². The summed E-state index contributed by atoms with van der Waals surface area (Å²) < 4.78 is 3.93. The molecule has 0 atom stereocenters. The van der Waals surface area contributed by atoms with Gasteiger partial charge in [-0.15, -0.1) is 11.3 Å². The van der Waals surface area contributed by atoms with Crippen LogP contribution in [0.3, 0.4) is 0 Å². The Balaban J connectivity index is 1.43. The van der Waals surface area contributed by atoms with Crippen molar-refractivity contribution in [1.29, 1.82) is 0 Å². The van der Waals surface area contributed by atoms with Crippen LogP contribution in [0.1, 0.15) is 40.2 Å². The van der Waals surface area contributed by atoms with E-state index in [1.807, 2.05) is 16.8 Å². The Labute approximate surface area is 177 Å². The van der Waals surface area contributed by atoms with E-state index in [2.05, 4.69) is 41.6 Å². The molecular formula is C22H22N4OS2. The molecule has 3 heterocycles. The van der Waals surface area contributed by atoms with Crippen LogP contribution in [0.5, 0.6) is 0 Å². The number of aromatic nitrogens is 4. The minimum Gasteiger partial charge on any atom is -0.295 e. The molecule has 7 heteroatoms. The Morgan fingerprint density at radius 2 is 2.03 bits per heavy atom. The summed E-state index contributed by atoms with van der Waals surface area (Å²) in [6, 6.07) is 8.11. The highest BCUT2D eigenvalue weighted by atomic mass is 32.2. The normalized spacial score (nSPS) is 13.7. The van der Waals surface area contributed by atoms with Crippen molar-refractivity contribution in [1.82, 2.24) is 18.9 Å². The Morgan fingerprint density at radius 3 is 2.90 bits per heavy atom. The zero-order valence-electron chi connectivity index (χ0n) is 16.5. The van der Waals surface area contributed by atoms with E-state index in [1.165, 1.54) is 28.1 Å². The number of rotatable bonds is 4. The fourth-order valence-corrected chi connectivity index (χ4v) is 6.10. The number of aryl methyl sites for hydroxylation is 4. The third-order valence-electron chi connectivity index (χ3n) is 5.38. The molecule has 0 spiro atoms. The number of hydrogen-bond acceptors (Lipinski definition) is 5. The van der Waals surface area contributed by atoms with Gasteiger partial charge in [-0.1, -0.05) is 29.5 Å². The van der Waals surface area contributed by atoms with Crippen LogP contribution in [0.25, 0.3) is 10.6 Å². The van der Waals surface area contributed by atoms with Crippen molar-refractivity contribution in [3.05, 3.63) is 74.4 Å². The number of imidazole rings is 1. The molecule has 0 radical (unpaired) electrons. The SMILES string of the molecule is Cc1ccc(-n2ccnc2SCc2cc(=O)n3c4c(sc3n2)CCCC4)c(C)c1. The number of thioether (sulfide) groups is 1. The molecule has 1 aromatic carbocycles. The van der Waals surface area contributed by atoms with E-state index in [1.54, 1.807) is 29.2 Å². The Bertz CT molecular complexity index is 1270. The van der Waals surface area contributed by atoms with Crippen LogP contribution in [-0.4, -0.2) is 18.9 Å². The molecule has 29 heavy (non-hydrogen) atoms. The first kappa shape index (κ1) is 18.6. The average Bonchev–Trinajstić information content (AvgIpc) is 3.30. The third-order valence-corrected chi connectivity index (χ3v) is 7.53. The van der Waals surface area contributed by atoms with Gasteiger partial charge in [-0.25, -0.2) is 9.97 Å². The van der Waals surface area contributed by atoms with Gasteiger partial charge in [0.25, 0.3) is 5.56 Å². The van der Waals surface area contributed by atoms with Crippen molar-refractivity contribution < 1.29 is 0 Å². The van der Waals surface area contributed by atoms with Crippen LogP contribution in [0.15, 0.2) is 46.6 Å². The first-order chi connectivity index (χ1) is 14.1. The second-order valence-corrected chi connectivity index (χ2v) is 9.55. The lowest BCUT2D eigenvalue weighted by atomic mass is 10.0. The zero-order chi connectivity index (χ0) is 20.0. The van der Waals surface area contributed by atoms with Gasteiger partial charge < -0.3 is 0 Å². The van der Waals surface area contributed by atoms with Crippen LogP contribution in [0.4, 0.5) is 0 Å². The number of hydrogen-bond donors (Lipinski definition) is 0. The van der Waals surface area contributed by atoms with Gasteiger partial charge in [0.1, 0.15) is 0 Å². The van der Waals surface area contributed by atoms with Gasteiger partial charge in [0.2, 0.25) is 0 Å². The Hall–Kier alpha value is -2.38. The molecule has 0 saturated heterocycles. The fraction of sp³-hybridized carbons (Fsp3) is 0.318. The summed E-state index contributed by atoms with van der Waals surface area (Å²) in [5.74, 6) is 0.621. The molecule has 1 aliphatic carbocycles. The molecular weight excluding hydrogens is 400 g/mol. The third kappa shape index (κ3) is 3.42. The monoisotopic (exact) mass is 422 g/mol. The molecule has 5 nitrogen and oxygen atoms in total. The van der Waals surface area contributed by atoms with E-state index < -0.39 is 0 Å². The summed E-state index contributed by atoms with van der Waals surface area (Å²) in [4.78, 5) is 24.2. The fourth-order valence-electron chi connectivity index (χ4n) is 4.01. The van der Waals surface area contributed by atoms with E-state index in [0.717, 1.165) is 40.8 Å². The van der Waals surface area contributed by atoms with Crippen LogP contribution in [0, 0.1) is 13.8 Å². The van der Waals surface area contributed by atoms with Crippen molar-refractivity contribution >= 4 is 28.1 Å². The first-order valence-electron chi connectivity index (χ1n) is 9.87. The zero-order valence-corrected chi connectivity index (χ0v) is 18.1. The lowest BCUT2D eigenvalue weighted by molar-refractivity contribution is 0.670. The minimum atomic E-state index is 0.0442. The maximum absolute atomic E-state index is 12.8. The molecule has 3 aromatic heterocycles. The minimum absolute atomic E-state index is 0.0442. The molecule has 0 bridgehead atoms. The number of nitrogens with zero attached hydrogens (tertiary/aromatic N) is 4. The smallest absolute Gasteiger partial charge is 0.259 e. The van der Waals surface area contributed by atoms with Crippen molar-refractivity contribution in [2.75, 3.05) is 0 Å². The van der Waals surface area contributed by atoms with Gasteiger partial charge in [-0.2, -0.15) is 0 Å². The van der Waals surface area contributed by atoms with Gasteiger partial charge in [-0.3, -0.25) is 13.8 Å². The molecule has 0 N–H and O–H groups in total. The predicted molar refractivity (Wildman–Crippen MR) is 119 cm³/mol. The van der Waals surface area contributed by atoms with Crippen molar-refractivity contribution in [2.24, 2.45) is 0 Å². The number of benzene rings is 1. The van der Waals surface area contributed by atoms with Gasteiger partial charge in [0.05, 0.1) is 11.4 Å². The standard InChI is InChI=1S/C22H22N4OS2/c1-14-7-8-17(15(2)11-14)25-10-9-23-21(25)28-13-16-12-20(27)26-18-5-3-4-6-19(18)29-22(26)24-16/h7-12H,3-6,13H2,1-2H3. The summed E-state index contributed by atoms with van der Waals surface area (Å²) in [6.45, 7) is 4.22. The van der Waals surface area contributed by atoms with Crippen molar-refractivity contribution in [2.45, 2.75) is 50.4 Å². The first-order valence-corrected chi connectivity index (χ1v) is 11.7. The molecule has 0 aliphatic heterocycles.